The number of aromatic hydroxyl groups is 1. The van der Waals surface area contributed by atoms with Gasteiger partial charge in [0.1, 0.15) is 11.6 Å². The monoisotopic (exact) mass is 272 g/mol. The largest absolute Gasteiger partial charge is 0.508 e. The van der Waals surface area contributed by atoms with Gasteiger partial charge in [-0.2, -0.15) is 0 Å². The van der Waals surface area contributed by atoms with Crippen LogP contribution in [0.4, 0.5) is 0 Å². The Bertz CT molecular complexity index is 659. The van der Waals surface area contributed by atoms with Crippen LogP contribution in [-0.4, -0.2) is 25.7 Å². The third-order valence-corrected chi connectivity index (χ3v) is 3.81. The smallest absolute Gasteiger partial charge is 0.356 e. The van der Waals surface area contributed by atoms with Gasteiger partial charge in [0.2, 0.25) is 0 Å². The number of rotatable bonds is 2. The number of hydrogen-bond donors (Lipinski definition) is 2. The molecule has 1 atom stereocenters. The molecule has 2 aromatic rings. The number of phenolic OH excluding ortho intramolecular Hbond substituents is 1. The first-order valence-corrected chi connectivity index (χ1v) is 6.71. The highest BCUT2D eigenvalue weighted by Crippen LogP contribution is 2.33. The highest BCUT2D eigenvalue weighted by atomic mass is 16.4. The van der Waals surface area contributed by atoms with Crippen LogP contribution < -0.4 is 0 Å². The van der Waals surface area contributed by atoms with Crippen molar-refractivity contribution < 1.29 is 15.0 Å². The zero-order valence-electron chi connectivity index (χ0n) is 11.2. The first-order valence-electron chi connectivity index (χ1n) is 6.71. The van der Waals surface area contributed by atoms with E-state index in [0.717, 1.165) is 30.5 Å². The third-order valence-electron chi connectivity index (χ3n) is 3.81. The molecule has 0 saturated carbocycles. The maximum absolute atomic E-state index is 11.4. The summed E-state index contributed by atoms with van der Waals surface area (Å²) in [4.78, 5) is 15.7. The summed E-state index contributed by atoms with van der Waals surface area (Å²) in [5, 5.41) is 18.7. The second-order valence-electron chi connectivity index (χ2n) is 5.19. The lowest BCUT2D eigenvalue weighted by atomic mass is 10.0. The van der Waals surface area contributed by atoms with Gasteiger partial charge in [-0.1, -0.05) is 0 Å². The van der Waals surface area contributed by atoms with Gasteiger partial charge >= 0.3 is 5.97 Å². The molecule has 20 heavy (non-hydrogen) atoms. The summed E-state index contributed by atoms with van der Waals surface area (Å²) in [7, 11) is 0. The van der Waals surface area contributed by atoms with E-state index in [0.29, 0.717) is 5.82 Å². The van der Waals surface area contributed by atoms with Crippen molar-refractivity contribution in [3.8, 4) is 17.1 Å². The maximum Gasteiger partial charge on any atom is 0.356 e. The van der Waals surface area contributed by atoms with Crippen molar-refractivity contribution in [3.63, 3.8) is 0 Å². The molecule has 5 nitrogen and oxygen atoms in total. The van der Waals surface area contributed by atoms with Crippen molar-refractivity contribution in [1.82, 2.24) is 9.55 Å². The Balaban J connectivity index is 2.20. The zero-order chi connectivity index (χ0) is 14.3. The molecule has 1 aromatic heterocycles. The van der Waals surface area contributed by atoms with E-state index in [1.165, 1.54) is 0 Å². The number of imidazole rings is 1. The second kappa shape index (κ2) is 4.67. The minimum absolute atomic E-state index is 0.152. The molecule has 0 saturated heterocycles. The molecule has 1 aromatic carbocycles. The molecule has 0 radical (unpaired) electrons. The summed E-state index contributed by atoms with van der Waals surface area (Å²) in [5.74, 6) is -0.122. The highest BCUT2D eigenvalue weighted by molar-refractivity contribution is 5.88. The number of phenols is 1. The number of carboxylic acids is 1. The molecule has 3 rings (SSSR count). The number of hydrogen-bond acceptors (Lipinski definition) is 3. The summed E-state index contributed by atoms with van der Waals surface area (Å²) in [6, 6.07) is 6.94. The topological polar surface area (TPSA) is 75.3 Å². The Labute approximate surface area is 116 Å². The standard InChI is InChI=1S/C15H16N2O3/c1-9-3-2-4-12-13(15(19)20)16-14(17(9)12)10-5-7-11(18)8-6-10/h5-9,18H,2-4H2,1H3,(H,19,20). The molecular formula is C15H16N2O3. The number of nitrogens with zero attached hydrogens (tertiary/aromatic N) is 2. The van der Waals surface area contributed by atoms with E-state index in [-0.39, 0.29) is 17.5 Å². The lowest BCUT2D eigenvalue weighted by molar-refractivity contribution is 0.0689. The van der Waals surface area contributed by atoms with Crippen molar-refractivity contribution in [1.29, 1.82) is 0 Å². The average molecular weight is 272 g/mol. The van der Waals surface area contributed by atoms with Crippen LogP contribution in [0.1, 0.15) is 42.0 Å². The number of benzene rings is 1. The molecule has 0 spiro atoms. The fraction of sp³-hybridized carbons (Fsp3) is 0.333. The van der Waals surface area contributed by atoms with Gasteiger partial charge in [-0.3, -0.25) is 0 Å². The fourth-order valence-corrected chi connectivity index (χ4v) is 2.86. The second-order valence-corrected chi connectivity index (χ2v) is 5.19. The molecule has 1 aliphatic heterocycles. The van der Waals surface area contributed by atoms with Crippen molar-refractivity contribution in [2.24, 2.45) is 0 Å². The molecule has 0 fully saturated rings. The third kappa shape index (κ3) is 1.95. The molecule has 2 N–H and O–H groups in total. The lowest BCUT2D eigenvalue weighted by Gasteiger charge is -2.24. The van der Waals surface area contributed by atoms with Gasteiger partial charge < -0.3 is 14.8 Å². The Morgan fingerprint density at radius 1 is 1.35 bits per heavy atom. The lowest BCUT2D eigenvalue weighted by Crippen LogP contribution is -2.17. The molecule has 1 unspecified atom stereocenters. The molecule has 5 heteroatoms. The van der Waals surface area contributed by atoms with Crippen LogP contribution in [0.25, 0.3) is 11.4 Å². The van der Waals surface area contributed by atoms with E-state index < -0.39 is 5.97 Å². The van der Waals surface area contributed by atoms with Crippen LogP contribution in [0.3, 0.4) is 0 Å². The van der Waals surface area contributed by atoms with Crippen molar-refractivity contribution in [2.45, 2.75) is 32.2 Å². The molecule has 104 valence electrons. The predicted molar refractivity (Wildman–Crippen MR) is 73.9 cm³/mol. The van der Waals surface area contributed by atoms with Crippen LogP contribution in [0.5, 0.6) is 5.75 Å². The summed E-state index contributed by atoms with van der Waals surface area (Å²) >= 11 is 0. The van der Waals surface area contributed by atoms with E-state index >= 15 is 0 Å². The van der Waals surface area contributed by atoms with E-state index in [2.05, 4.69) is 11.9 Å². The zero-order valence-corrected chi connectivity index (χ0v) is 11.2. The minimum Gasteiger partial charge on any atom is -0.508 e. The number of carboxylic acid groups (broad SMARTS) is 1. The van der Waals surface area contributed by atoms with E-state index in [1.807, 2.05) is 4.57 Å². The first kappa shape index (κ1) is 12.7. The van der Waals surface area contributed by atoms with Gasteiger partial charge in [-0.15, -0.1) is 0 Å². The van der Waals surface area contributed by atoms with Crippen molar-refractivity contribution in [2.75, 3.05) is 0 Å². The summed E-state index contributed by atoms with van der Waals surface area (Å²) < 4.78 is 2.03. The Morgan fingerprint density at radius 2 is 2.05 bits per heavy atom. The van der Waals surface area contributed by atoms with Crippen LogP contribution in [0.2, 0.25) is 0 Å². The Kier molecular flexibility index (Phi) is 2.97. The number of aromatic carboxylic acids is 1. The van der Waals surface area contributed by atoms with Crippen molar-refractivity contribution in [3.05, 3.63) is 35.7 Å². The minimum atomic E-state index is -0.979. The van der Waals surface area contributed by atoms with Gasteiger partial charge in [0.15, 0.2) is 5.69 Å². The number of aromatic nitrogens is 2. The molecular weight excluding hydrogens is 256 g/mol. The van der Waals surface area contributed by atoms with E-state index in [1.54, 1.807) is 24.3 Å². The number of fused-ring (bicyclic) bond motifs is 1. The molecule has 1 aliphatic rings. The first-order chi connectivity index (χ1) is 9.58. The normalized spacial score (nSPS) is 17.8. The van der Waals surface area contributed by atoms with Crippen LogP contribution in [0.15, 0.2) is 24.3 Å². The number of carbonyl (C=O) groups is 1. The van der Waals surface area contributed by atoms with Gasteiger partial charge in [0, 0.05) is 11.6 Å². The highest BCUT2D eigenvalue weighted by Gasteiger charge is 2.27. The summed E-state index contributed by atoms with van der Waals surface area (Å²) in [6.07, 6.45) is 2.76. The predicted octanol–water partition coefficient (Wildman–Crippen LogP) is 2.85. The van der Waals surface area contributed by atoms with Crippen LogP contribution >= 0.6 is 0 Å². The molecule has 0 aliphatic carbocycles. The van der Waals surface area contributed by atoms with Gasteiger partial charge in [-0.25, -0.2) is 9.78 Å². The maximum atomic E-state index is 11.4. The van der Waals surface area contributed by atoms with Crippen LogP contribution in [0, 0.1) is 0 Å². The van der Waals surface area contributed by atoms with Gasteiger partial charge in [-0.05, 0) is 50.5 Å². The van der Waals surface area contributed by atoms with E-state index in [9.17, 15) is 15.0 Å². The molecule has 0 bridgehead atoms. The van der Waals surface area contributed by atoms with E-state index in [4.69, 9.17) is 0 Å². The van der Waals surface area contributed by atoms with Gasteiger partial charge in [0.05, 0.1) is 5.69 Å². The summed E-state index contributed by atoms with van der Waals surface area (Å²) in [5.41, 5.74) is 1.78. The van der Waals surface area contributed by atoms with Gasteiger partial charge in [0.25, 0.3) is 0 Å². The quantitative estimate of drug-likeness (QED) is 0.881. The average Bonchev–Trinajstić information content (AvgIpc) is 2.81. The fourth-order valence-electron chi connectivity index (χ4n) is 2.86. The molecule has 0 amide bonds. The Hall–Kier alpha value is -2.30. The molecule has 2 heterocycles. The Morgan fingerprint density at radius 3 is 2.70 bits per heavy atom. The SMILES string of the molecule is CC1CCCc2c(C(=O)O)nc(-c3ccc(O)cc3)n21. The van der Waals surface area contributed by atoms with Crippen molar-refractivity contribution >= 4 is 5.97 Å². The van der Waals surface area contributed by atoms with Crippen LogP contribution in [-0.2, 0) is 6.42 Å². The summed E-state index contributed by atoms with van der Waals surface area (Å²) in [6.45, 7) is 2.08.